The molecule has 0 aromatic heterocycles. The monoisotopic (exact) mass is 561 g/mol. The van der Waals surface area contributed by atoms with Gasteiger partial charge in [0, 0.05) is 47.7 Å². The van der Waals surface area contributed by atoms with Crippen molar-refractivity contribution in [3.8, 4) is 5.75 Å². The summed E-state index contributed by atoms with van der Waals surface area (Å²) in [6.45, 7) is 4.65. The van der Waals surface area contributed by atoms with Crippen molar-refractivity contribution < 1.29 is 19.4 Å². The lowest BCUT2D eigenvalue weighted by molar-refractivity contribution is -0.129. The van der Waals surface area contributed by atoms with Gasteiger partial charge in [0.15, 0.2) is 11.6 Å². The summed E-state index contributed by atoms with van der Waals surface area (Å²) in [6, 6.07) is 28.2. The minimum atomic E-state index is -1.42. The third kappa shape index (κ3) is 5.83. The van der Waals surface area contributed by atoms with Crippen LogP contribution in [-0.2, 0) is 16.1 Å². The maximum Gasteiger partial charge on any atom is 0.252 e. The SMILES string of the molecule is C=CC[C@@]1(C(=O)NCc2cccc3ccccc23)N=C(c2ccc(OCCCO)cc2)O[C@@H]1c1ccccc1N=[N+]=[N-]. The minimum absolute atomic E-state index is 0.0510. The molecule has 1 heterocycles. The van der Waals surface area contributed by atoms with E-state index in [0.717, 1.165) is 16.3 Å². The van der Waals surface area contributed by atoms with Gasteiger partial charge in [-0.3, -0.25) is 4.79 Å². The first kappa shape index (κ1) is 28.4. The number of fused-ring (bicyclic) bond motifs is 1. The molecule has 42 heavy (non-hydrogen) atoms. The molecule has 1 aliphatic rings. The van der Waals surface area contributed by atoms with E-state index in [1.807, 2.05) is 54.6 Å². The number of amides is 1. The highest BCUT2D eigenvalue weighted by Gasteiger charge is 2.53. The van der Waals surface area contributed by atoms with Gasteiger partial charge < -0.3 is 19.9 Å². The molecular formula is C33H31N5O4. The first-order chi connectivity index (χ1) is 20.6. The molecule has 4 aromatic carbocycles. The zero-order valence-corrected chi connectivity index (χ0v) is 23.0. The van der Waals surface area contributed by atoms with Crippen LogP contribution in [0.2, 0.25) is 0 Å². The van der Waals surface area contributed by atoms with E-state index in [1.165, 1.54) is 0 Å². The first-order valence-corrected chi connectivity index (χ1v) is 13.7. The van der Waals surface area contributed by atoms with Crippen LogP contribution in [0.5, 0.6) is 5.75 Å². The molecule has 2 N–H and O–H groups in total. The van der Waals surface area contributed by atoms with E-state index in [-0.39, 0.29) is 31.4 Å². The smallest absolute Gasteiger partial charge is 0.252 e. The Kier molecular flexibility index (Phi) is 8.82. The molecule has 5 rings (SSSR count). The summed E-state index contributed by atoms with van der Waals surface area (Å²) < 4.78 is 12.1. The number of carbonyl (C=O) groups is 1. The summed E-state index contributed by atoms with van der Waals surface area (Å²) in [5, 5.41) is 18.1. The number of benzene rings is 4. The number of aliphatic imine (C=N–C) groups is 1. The number of azide groups is 1. The van der Waals surface area contributed by atoms with Crippen LogP contribution in [0.15, 0.2) is 114 Å². The van der Waals surface area contributed by atoms with E-state index in [9.17, 15) is 10.3 Å². The molecule has 0 spiro atoms. The van der Waals surface area contributed by atoms with Gasteiger partial charge in [-0.1, -0.05) is 77.9 Å². The second-order valence-electron chi connectivity index (χ2n) is 9.85. The highest BCUT2D eigenvalue weighted by Crippen LogP contribution is 2.45. The van der Waals surface area contributed by atoms with Crippen molar-refractivity contribution in [2.24, 2.45) is 10.1 Å². The molecule has 212 valence electrons. The zero-order chi connectivity index (χ0) is 29.4. The van der Waals surface area contributed by atoms with Crippen LogP contribution in [0.4, 0.5) is 5.69 Å². The summed E-state index contributed by atoms with van der Waals surface area (Å²) in [6.07, 6.45) is 1.46. The molecule has 9 heteroatoms. The van der Waals surface area contributed by atoms with Crippen molar-refractivity contribution in [3.05, 3.63) is 131 Å². The van der Waals surface area contributed by atoms with Crippen LogP contribution < -0.4 is 10.1 Å². The lowest BCUT2D eigenvalue weighted by atomic mass is 9.83. The molecule has 2 atom stereocenters. The van der Waals surface area contributed by atoms with E-state index in [4.69, 9.17) is 19.6 Å². The van der Waals surface area contributed by atoms with E-state index in [1.54, 1.807) is 42.5 Å². The maximum absolute atomic E-state index is 14.2. The second kappa shape index (κ2) is 13.0. The zero-order valence-electron chi connectivity index (χ0n) is 23.0. The summed E-state index contributed by atoms with van der Waals surface area (Å²) in [7, 11) is 0. The Hall–Kier alpha value is -5.11. The normalized spacial score (nSPS) is 17.5. The fraction of sp³-hybridized carbons (Fsp3) is 0.212. The molecule has 0 unspecified atom stereocenters. The van der Waals surface area contributed by atoms with Gasteiger partial charge in [-0.05, 0) is 46.1 Å². The molecule has 1 aliphatic heterocycles. The number of hydrogen-bond acceptors (Lipinski definition) is 6. The largest absolute Gasteiger partial charge is 0.494 e. The van der Waals surface area contributed by atoms with Crippen LogP contribution in [-0.4, -0.2) is 35.7 Å². The highest BCUT2D eigenvalue weighted by molar-refractivity contribution is 6.01. The molecule has 0 saturated heterocycles. The van der Waals surface area contributed by atoms with Crippen LogP contribution in [0.25, 0.3) is 21.2 Å². The lowest BCUT2D eigenvalue weighted by Gasteiger charge is -2.30. The summed E-state index contributed by atoms with van der Waals surface area (Å²) in [5.74, 6) is 0.580. The molecule has 4 aromatic rings. The first-order valence-electron chi connectivity index (χ1n) is 13.7. The number of nitrogens with zero attached hydrogens (tertiary/aromatic N) is 4. The molecule has 1 amide bonds. The van der Waals surface area contributed by atoms with Gasteiger partial charge in [-0.2, -0.15) is 0 Å². The van der Waals surface area contributed by atoms with Crippen molar-refractivity contribution in [1.29, 1.82) is 0 Å². The third-order valence-electron chi connectivity index (χ3n) is 7.18. The van der Waals surface area contributed by atoms with Crippen molar-refractivity contribution in [2.45, 2.75) is 31.0 Å². The number of carbonyl (C=O) groups excluding carboxylic acids is 1. The number of nitrogens with one attached hydrogen (secondary N) is 1. The molecule has 0 fully saturated rings. The average Bonchev–Trinajstić information content (AvgIpc) is 3.41. The van der Waals surface area contributed by atoms with Crippen LogP contribution in [0.1, 0.15) is 35.6 Å². The summed E-state index contributed by atoms with van der Waals surface area (Å²) >= 11 is 0. The number of rotatable bonds is 12. The Morgan fingerprint density at radius 2 is 1.86 bits per heavy atom. The number of ether oxygens (including phenoxy) is 2. The third-order valence-corrected chi connectivity index (χ3v) is 7.18. The Balaban J connectivity index is 1.52. The average molecular weight is 562 g/mol. The topological polar surface area (TPSA) is 129 Å². The van der Waals surface area contributed by atoms with Gasteiger partial charge in [0.25, 0.3) is 5.91 Å². The Morgan fingerprint density at radius 1 is 1.10 bits per heavy atom. The Bertz CT molecular complexity index is 1660. The lowest BCUT2D eigenvalue weighted by Crippen LogP contribution is -2.47. The molecule has 9 nitrogen and oxygen atoms in total. The molecule has 0 saturated carbocycles. The van der Waals surface area contributed by atoms with Gasteiger partial charge >= 0.3 is 0 Å². The van der Waals surface area contributed by atoms with Gasteiger partial charge in [0.1, 0.15) is 5.75 Å². The number of aliphatic hydroxyl groups excluding tert-OH is 1. The van der Waals surface area contributed by atoms with Crippen molar-refractivity contribution in [3.63, 3.8) is 0 Å². The fourth-order valence-electron chi connectivity index (χ4n) is 5.14. The summed E-state index contributed by atoms with van der Waals surface area (Å²) in [4.78, 5) is 22.1. The number of aliphatic hydroxyl groups is 1. The van der Waals surface area contributed by atoms with Crippen LogP contribution >= 0.6 is 0 Å². The molecule has 0 bridgehead atoms. The van der Waals surface area contributed by atoms with Gasteiger partial charge in [0.05, 0.1) is 6.61 Å². The van der Waals surface area contributed by atoms with Crippen molar-refractivity contribution in [1.82, 2.24) is 5.32 Å². The standard InChI is InChI=1S/C33H31N5O4/c1-2-19-33(32(40)35-22-25-11-7-10-23-9-3-4-12-27(23)25)30(28-13-5-6-14-29(28)37-38-34)42-31(36-33)24-15-17-26(18-16-24)41-21-8-20-39/h2-7,9-18,30,39H,1,8,19-22H2,(H,35,40)/t30-,33-/m1/s1. The minimum Gasteiger partial charge on any atom is -0.494 e. The van der Waals surface area contributed by atoms with Crippen molar-refractivity contribution >= 4 is 28.3 Å². The van der Waals surface area contributed by atoms with Crippen molar-refractivity contribution in [2.75, 3.05) is 13.2 Å². The van der Waals surface area contributed by atoms with E-state index in [2.05, 4.69) is 21.9 Å². The molecule has 0 radical (unpaired) electrons. The Labute approximate surface area is 243 Å². The van der Waals surface area contributed by atoms with Crippen LogP contribution in [0, 0.1) is 0 Å². The quantitative estimate of drug-likeness (QED) is 0.0656. The van der Waals surface area contributed by atoms with E-state index < -0.39 is 11.6 Å². The molecular weight excluding hydrogens is 530 g/mol. The second-order valence-corrected chi connectivity index (χ2v) is 9.85. The van der Waals surface area contributed by atoms with E-state index >= 15 is 0 Å². The Morgan fingerprint density at radius 3 is 2.64 bits per heavy atom. The van der Waals surface area contributed by atoms with Gasteiger partial charge in [-0.15, -0.1) is 6.58 Å². The molecule has 0 aliphatic carbocycles. The van der Waals surface area contributed by atoms with E-state index in [0.29, 0.717) is 35.6 Å². The summed E-state index contributed by atoms with van der Waals surface area (Å²) in [5.41, 5.74) is 10.3. The fourth-order valence-corrected chi connectivity index (χ4v) is 5.14. The predicted octanol–water partition coefficient (Wildman–Crippen LogP) is 6.69. The highest BCUT2D eigenvalue weighted by atomic mass is 16.5. The van der Waals surface area contributed by atoms with Crippen LogP contribution in [0.3, 0.4) is 0 Å². The number of hydrogen-bond donors (Lipinski definition) is 2. The van der Waals surface area contributed by atoms with Gasteiger partial charge in [-0.25, -0.2) is 4.99 Å². The van der Waals surface area contributed by atoms with Gasteiger partial charge in [0.2, 0.25) is 5.90 Å². The maximum atomic E-state index is 14.2. The predicted molar refractivity (Wildman–Crippen MR) is 163 cm³/mol.